The number of amides is 2. The Morgan fingerprint density at radius 1 is 1.00 bits per heavy atom. The van der Waals surface area contributed by atoms with Gasteiger partial charge in [-0.1, -0.05) is 53.6 Å². The fourth-order valence-corrected chi connectivity index (χ4v) is 3.81. The molecule has 0 spiro atoms. The lowest BCUT2D eigenvalue weighted by Gasteiger charge is -2.13. The van der Waals surface area contributed by atoms with Gasteiger partial charge in [-0.05, 0) is 31.5 Å². The first-order valence-electron chi connectivity index (χ1n) is 9.77. The van der Waals surface area contributed by atoms with Crippen molar-refractivity contribution >= 4 is 29.4 Å². The Balaban J connectivity index is 1.40. The molecular weight excluding hydrogens is 418 g/mol. The van der Waals surface area contributed by atoms with Gasteiger partial charge < -0.3 is 4.74 Å². The maximum absolute atomic E-state index is 12.6. The van der Waals surface area contributed by atoms with E-state index >= 15 is 0 Å². The SMILES string of the molecule is Cc1ccc(Cn2nc(C)c(C(=O)OCCN3C(=O)c4ccccc4C3=O)c2Cl)cc1. The normalized spacial score (nSPS) is 12.9. The van der Waals surface area contributed by atoms with E-state index in [4.69, 9.17) is 16.3 Å². The third kappa shape index (κ3) is 3.96. The molecule has 4 rings (SSSR count). The van der Waals surface area contributed by atoms with Gasteiger partial charge in [0.1, 0.15) is 17.3 Å². The van der Waals surface area contributed by atoms with Crippen LogP contribution in [0.3, 0.4) is 0 Å². The van der Waals surface area contributed by atoms with Crippen molar-refractivity contribution in [2.75, 3.05) is 13.2 Å². The number of esters is 1. The third-order valence-electron chi connectivity index (χ3n) is 5.15. The van der Waals surface area contributed by atoms with E-state index in [0.29, 0.717) is 23.4 Å². The van der Waals surface area contributed by atoms with E-state index in [1.54, 1.807) is 35.9 Å². The molecule has 0 unspecified atom stereocenters. The first-order valence-corrected chi connectivity index (χ1v) is 10.2. The van der Waals surface area contributed by atoms with Gasteiger partial charge in [-0.15, -0.1) is 0 Å². The molecule has 0 atom stereocenters. The van der Waals surface area contributed by atoms with Crippen LogP contribution < -0.4 is 0 Å². The Morgan fingerprint density at radius 2 is 1.61 bits per heavy atom. The third-order valence-corrected chi connectivity index (χ3v) is 5.53. The second kappa shape index (κ2) is 8.35. The highest BCUT2D eigenvalue weighted by molar-refractivity contribution is 6.32. The summed E-state index contributed by atoms with van der Waals surface area (Å²) in [6.07, 6.45) is 0. The highest BCUT2D eigenvalue weighted by atomic mass is 35.5. The molecule has 0 fully saturated rings. The summed E-state index contributed by atoms with van der Waals surface area (Å²) in [5.41, 5.74) is 3.48. The Hall–Kier alpha value is -3.45. The molecule has 0 saturated heterocycles. The maximum atomic E-state index is 12.6. The smallest absolute Gasteiger partial charge is 0.343 e. The van der Waals surface area contributed by atoms with E-state index < -0.39 is 17.8 Å². The Kier molecular flexibility index (Phi) is 5.61. The van der Waals surface area contributed by atoms with E-state index in [2.05, 4.69) is 5.10 Å². The highest BCUT2D eigenvalue weighted by Crippen LogP contribution is 2.24. The molecule has 7 nitrogen and oxygen atoms in total. The Morgan fingerprint density at radius 3 is 2.23 bits per heavy atom. The van der Waals surface area contributed by atoms with E-state index in [9.17, 15) is 14.4 Å². The van der Waals surface area contributed by atoms with E-state index in [1.165, 1.54) is 0 Å². The Bertz CT molecular complexity index is 1150. The minimum absolute atomic E-state index is 0.0355. The number of aryl methyl sites for hydroxylation is 2. The summed E-state index contributed by atoms with van der Waals surface area (Å²) in [6, 6.07) is 14.5. The summed E-state index contributed by atoms with van der Waals surface area (Å²) in [6.45, 7) is 3.93. The van der Waals surface area contributed by atoms with Gasteiger partial charge in [0.05, 0.1) is 29.9 Å². The number of hydrogen-bond donors (Lipinski definition) is 0. The van der Waals surface area contributed by atoms with Crippen LogP contribution in [-0.4, -0.2) is 45.6 Å². The van der Waals surface area contributed by atoms with Gasteiger partial charge in [-0.2, -0.15) is 5.10 Å². The number of aromatic nitrogens is 2. The first kappa shape index (κ1) is 20.8. The van der Waals surface area contributed by atoms with E-state index in [0.717, 1.165) is 16.0 Å². The second-order valence-electron chi connectivity index (χ2n) is 7.34. The number of carbonyl (C=O) groups is 3. The summed E-state index contributed by atoms with van der Waals surface area (Å²) >= 11 is 6.40. The van der Waals surface area contributed by atoms with Gasteiger partial charge >= 0.3 is 5.97 Å². The average Bonchev–Trinajstić information content (AvgIpc) is 3.17. The average molecular weight is 438 g/mol. The van der Waals surface area contributed by atoms with Crippen LogP contribution in [0.25, 0.3) is 0 Å². The lowest BCUT2D eigenvalue weighted by atomic mass is 10.1. The van der Waals surface area contributed by atoms with Crippen LogP contribution in [0.2, 0.25) is 5.15 Å². The van der Waals surface area contributed by atoms with Crippen LogP contribution in [0.15, 0.2) is 48.5 Å². The maximum Gasteiger partial charge on any atom is 0.343 e. The fourth-order valence-electron chi connectivity index (χ4n) is 3.50. The second-order valence-corrected chi connectivity index (χ2v) is 7.70. The number of nitrogens with zero attached hydrogens (tertiary/aromatic N) is 3. The first-order chi connectivity index (χ1) is 14.9. The fraction of sp³-hybridized carbons (Fsp3) is 0.217. The molecule has 0 N–H and O–H groups in total. The van der Waals surface area contributed by atoms with Gasteiger partial charge in [0, 0.05) is 0 Å². The molecule has 0 radical (unpaired) electrons. The monoisotopic (exact) mass is 437 g/mol. The van der Waals surface area contributed by atoms with Gasteiger partial charge in [0.2, 0.25) is 0 Å². The van der Waals surface area contributed by atoms with Crippen molar-refractivity contribution in [3.63, 3.8) is 0 Å². The van der Waals surface area contributed by atoms with Gasteiger partial charge in [-0.3, -0.25) is 14.5 Å². The number of ether oxygens (including phenoxy) is 1. The number of halogens is 1. The number of hydrogen-bond acceptors (Lipinski definition) is 5. The van der Waals surface area contributed by atoms with E-state index in [1.807, 2.05) is 31.2 Å². The molecule has 8 heteroatoms. The number of benzene rings is 2. The van der Waals surface area contributed by atoms with Crippen molar-refractivity contribution < 1.29 is 19.1 Å². The quantitative estimate of drug-likeness (QED) is 0.434. The van der Waals surface area contributed by atoms with Crippen LogP contribution >= 0.6 is 11.6 Å². The van der Waals surface area contributed by atoms with Gasteiger partial charge in [0.15, 0.2) is 0 Å². The predicted molar refractivity (Wildman–Crippen MR) is 114 cm³/mol. The number of carbonyl (C=O) groups excluding carboxylic acids is 3. The molecule has 2 heterocycles. The summed E-state index contributed by atoms with van der Waals surface area (Å²) in [5.74, 6) is -1.43. The van der Waals surface area contributed by atoms with Crippen molar-refractivity contribution in [3.8, 4) is 0 Å². The number of imide groups is 1. The predicted octanol–water partition coefficient (Wildman–Crippen LogP) is 3.65. The van der Waals surface area contributed by atoms with Crippen LogP contribution in [0.4, 0.5) is 0 Å². The molecule has 0 aliphatic carbocycles. The van der Waals surface area contributed by atoms with Crippen molar-refractivity contribution in [3.05, 3.63) is 87.2 Å². The molecule has 1 aliphatic rings. The largest absolute Gasteiger partial charge is 0.460 e. The molecule has 1 aliphatic heterocycles. The lowest BCUT2D eigenvalue weighted by Crippen LogP contribution is -2.33. The van der Waals surface area contributed by atoms with Crippen LogP contribution in [0.5, 0.6) is 0 Å². The topological polar surface area (TPSA) is 81.5 Å². The summed E-state index contributed by atoms with van der Waals surface area (Å²) in [5, 5.41) is 4.54. The molecule has 0 bridgehead atoms. The zero-order chi connectivity index (χ0) is 22.1. The minimum Gasteiger partial charge on any atom is -0.460 e. The molecule has 31 heavy (non-hydrogen) atoms. The van der Waals surface area contributed by atoms with Crippen molar-refractivity contribution in [2.24, 2.45) is 0 Å². The van der Waals surface area contributed by atoms with Crippen molar-refractivity contribution in [2.45, 2.75) is 20.4 Å². The molecular formula is C23H20ClN3O4. The van der Waals surface area contributed by atoms with Crippen LogP contribution in [0, 0.1) is 13.8 Å². The molecule has 1 aromatic heterocycles. The molecule has 0 saturated carbocycles. The summed E-state index contributed by atoms with van der Waals surface area (Å²) < 4.78 is 6.85. The highest BCUT2D eigenvalue weighted by Gasteiger charge is 2.35. The summed E-state index contributed by atoms with van der Waals surface area (Å²) in [7, 11) is 0. The number of fused-ring (bicyclic) bond motifs is 1. The van der Waals surface area contributed by atoms with Gasteiger partial charge in [0.25, 0.3) is 11.8 Å². The molecule has 158 valence electrons. The minimum atomic E-state index is -0.644. The standard InChI is InChI=1S/C23H20ClN3O4/c1-14-7-9-16(10-8-14)13-27-20(24)19(15(2)25-27)23(30)31-12-11-26-21(28)17-5-3-4-6-18(17)22(26)29/h3-10H,11-13H2,1-2H3. The number of rotatable bonds is 6. The molecule has 2 amide bonds. The molecule has 3 aromatic rings. The zero-order valence-electron chi connectivity index (χ0n) is 17.1. The lowest BCUT2D eigenvalue weighted by molar-refractivity contribution is 0.0420. The zero-order valence-corrected chi connectivity index (χ0v) is 17.8. The van der Waals surface area contributed by atoms with Crippen molar-refractivity contribution in [1.29, 1.82) is 0 Å². The van der Waals surface area contributed by atoms with Gasteiger partial charge in [-0.25, -0.2) is 9.48 Å². The summed E-state index contributed by atoms with van der Waals surface area (Å²) in [4.78, 5) is 38.5. The van der Waals surface area contributed by atoms with Crippen LogP contribution in [0.1, 0.15) is 47.9 Å². The van der Waals surface area contributed by atoms with Crippen LogP contribution in [-0.2, 0) is 11.3 Å². The van der Waals surface area contributed by atoms with E-state index in [-0.39, 0.29) is 23.9 Å². The Labute approximate surface area is 184 Å². The molecule has 2 aromatic carbocycles. The van der Waals surface area contributed by atoms with Crippen molar-refractivity contribution in [1.82, 2.24) is 14.7 Å².